The van der Waals surface area contributed by atoms with E-state index in [1.165, 1.54) is 6.42 Å². The smallest absolute Gasteiger partial charge is 0.405 e. The molecule has 3 amide bonds. The van der Waals surface area contributed by atoms with Crippen LogP contribution in [-0.2, 0) is 14.3 Å². The molecule has 0 spiro atoms. The number of primary amides is 1. The van der Waals surface area contributed by atoms with Crippen molar-refractivity contribution in [2.24, 2.45) is 23.0 Å². The molecule has 1 aliphatic carbocycles. The van der Waals surface area contributed by atoms with Crippen LogP contribution < -0.4 is 16.4 Å². The van der Waals surface area contributed by atoms with Crippen molar-refractivity contribution in [3.63, 3.8) is 0 Å². The molecule has 1 saturated heterocycles. The molecule has 0 radical (unpaired) electrons. The van der Waals surface area contributed by atoms with E-state index in [9.17, 15) is 19.5 Å². The Kier molecular flexibility index (Phi) is 7.47. The van der Waals surface area contributed by atoms with E-state index in [4.69, 9.17) is 10.5 Å². The summed E-state index contributed by atoms with van der Waals surface area (Å²) in [5.74, 6) is -0.518. The van der Waals surface area contributed by atoms with E-state index < -0.39 is 29.6 Å². The molecule has 2 rings (SSSR count). The second kappa shape index (κ2) is 9.39. The van der Waals surface area contributed by atoms with E-state index in [0.717, 1.165) is 25.7 Å². The fraction of sp³-hybridized carbons (Fsp3) is 0.842. The molecule has 0 aromatic heterocycles. The average molecular weight is 383 g/mol. The zero-order valence-electron chi connectivity index (χ0n) is 16.3. The zero-order valence-corrected chi connectivity index (χ0v) is 16.3. The number of carbonyl (C=O) groups is 3. The van der Waals surface area contributed by atoms with Gasteiger partial charge >= 0.3 is 6.09 Å². The van der Waals surface area contributed by atoms with Gasteiger partial charge in [0.25, 0.3) is 5.91 Å². The summed E-state index contributed by atoms with van der Waals surface area (Å²) in [7, 11) is 0. The van der Waals surface area contributed by atoms with E-state index >= 15 is 0 Å². The fourth-order valence-corrected chi connectivity index (χ4v) is 4.39. The van der Waals surface area contributed by atoms with Crippen LogP contribution in [0.3, 0.4) is 0 Å². The average Bonchev–Trinajstić information content (AvgIpc) is 3.04. The molecule has 2 fully saturated rings. The van der Waals surface area contributed by atoms with E-state index in [0.29, 0.717) is 19.4 Å². The Morgan fingerprint density at radius 3 is 2.48 bits per heavy atom. The Morgan fingerprint density at radius 1 is 1.30 bits per heavy atom. The summed E-state index contributed by atoms with van der Waals surface area (Å²) in [5, 5.41) is 15.2. The second-order valence-electron chi connectivity index (χ2n) is 8.37. The number of amides is 3. The van der Waals surface area contributed by atoms with Gasteiger partial charge in [0.15, 0.2) is 6.10 Å². The van der Waals surface area contributed by atoms with Crippen LogP contribution in [0.2, 0.25) is 0 Å². The fourth-order valence-electron chi connectivity index (χ4n) is 4.39. The van der Waals surface area contributed by atoms with Crippen molar-refractivity contribution >= 4 is 17.9 Å². The number of rotatable bonds is 8. The first kappa shape index (κ1) is 21.5. The maximum absolute atomic E-state index is 12.9. The van der Waals surface area contributed by atoms with Crippen molar-refractivity contribution in [3.05, 3.63) is 0 Å². The summed E-state index contributed by atoms with van der Waals surface area (Å²) in [5.41, 5.74) is 4.65. The largest absolute Gasteiger partial charge is 0.436 e. The number of aliphatic hydroxyl groups is 1. The lowest BCUT2D eigenvalue weighted by atomic mass is 9.67. The Morgan fingerprint density at radius 2 is 1.96 bits per heavy atom. The molecule has 1 heterocycles. The predicted molar refractivity (Wildman–Crippen MR) is 99.6 cm³/mol. The van der Waals surface area contributed by atoms with Crippen LogP contribution in [0.5, 0.6) is 0 Å². The second-order valence-corrected chi connectivity index (χ2v) is 8.37. The van der Waals surface area contributed by atoms with Gasteiger partial charge in [-0.15, -0.1) is 0 Å². The van der Waals surface area contributed by atoms with Gasteiger partial charge in [-0.25, -0.2) is 4.79 Å². The van der Waals surface area contributed by atoms with Crippen LogP contribution in [0.4, 0.5) is 4.79 Å². The minimum Gasteiger partial charge on any atom is -0.436 e. The molecule has 8 nitrogen and oxygen atoms in total. The number of carbonyl (C=O) groups excluding carboxylic acids is 3. The van der Waals surface area contributed by atoms with E-state index in [-0.39, 0.29) is 24.3 Å². The minimum absolute atomic E-state index is 0.0600. The highest BCUT2D eigenvalue weighted by molar-refractivity contribution is 5.84. The Hall–Kier alpha value is -1.83. The molecule has 0 aromatic rings. The van der Waals surface area contributed by atoms with E-state index in [1.807, 2.05) is 13.8 Å². The third-order valence-corrected chi connectivity index (χ3v) is 6.10. The first-order valence-electron chi connectivity index (χ1n) is 9.90. The minimum atomic E-state index is -1.04. The quantitative estimate of drug-likeness (QED) is 0.498. The van der Waals surface area contributed by atoms with Gasteiger partial charge < -0.3 is 26.2 Å². The Bertz CT molecular complexity index is 545. The lowest BCUT2D eigenvalue weighted by Crippen LogP contribution is -2.53. The highest BCUT2D eigenvalue weighted by atomic mass is 16.6. The van der Waals surface area contributed by atoms with Crippen LogP contribution in [-0.4, -0.2) is 48.3 Å². The van der Waals surface area contributed by atoms with Crippen molar-refractivity contribution in [2.75, 3.05) is 13.2 Å². The first-order valence-corrected chi connectivity index (χ1v) is 9.90. The molecule has 3 atom stereocenters. The number of nitrogens with one attached hydrogen (secondary N) is 2. The number of hydrogen-bond donors (Lipinski definition) is 4. The van der Waals surface area contributed by atoms with Crippen LogP contribution in [0, 0.1) is 17.3 Å². The van der Waals surface area contributed by atoms with Gasteiger partial charge in [-0.3, -0.25) is 9.59 Å². The molecule has 5 N–H and O–H groups in total. The third kappa shape index (κ3) is 5.57. The number of nitrogens with two attached hydrogens (primary N) is 1. The molecule has 3 unspecified atom stereocenters. The molecular weight excluding hydrogens is 350 g/mol. The maximum Gasteiger partial charge on any atom is 0.405 e. The summed E-state index contributed by atoms with van der Waals surface area (Å²) < 4.78 is 5.23. The van der Waals surface area contributed by atoms with Crippen molar-refractivity contribution in [1.82, 2.24) is 10.6 Å². The summed E-state index contributed by atoms with van der Waals surface area (Å²) in [6.07, 6.45) is 4.32. The van der Waals surface area contributed by atoms with E-state index in [2.05, 4.69) is 10.6 Å². The SMILES string of the molecule is CC(C)(C1CCCCC1)C(OC(N)=O)C(=O)NC(CO)CC1CCNC1=O. The van der Waals surface area contributed by atoms with Gasteiger partial charge in [-0.1, -0.05) is 33.1 Å². The van der Waals surface area contributed by atoms with Crippen LogP contribution in [0.25, 0.3) is 0 Å². The number of aliphatic hydroxyl groups excluding tert-OH is 1. The van der Waals surface area contributed by atoms with Gasteiger partial charge in [-0.05, 0) is 31.6 Å². The van der Waals surface area contributed by atoms with Crippen molar-refractivity contribution in [2.45, 2.75) is 70.9 Å². The molecule has 0 bridgehead atoms. The van der Waals surface area contributed by atoms with E-state index in [1.54, 1.807) is 0 Å². The summed E-state index contributed by atoms with van der Waals surface area (Å²) in [4.78, 5) is 36.1. The maximum atomic E-state index is 12.9. The monoisotopic (exact) mass is 383 g/mol. The third-order valence-electron chi connectivity index (χ3n) is 6.10. The van der Waals surface area contributed by atoms with Crippen LogP contribution >= 0.6 is 0 Å². The van der Waals surface area contributed by atoms with Gasteiger partial charge in [0.2, 0.25) is 5.91 Å². The lowest BCUT2D eigenvalue weighted by Gasteiger charge is -2.41. The van der Waals surface area contributed by atoms with Crippen molar-refractivity contribution < 1.29 is 24.2 Å². The molecular formula is C19H33N3O5. The highest BCUT2D eigenvalue weighted by Crippen LogP contribution is 2.41. The summed E-state index contributed by atoms with van der Waals surface area (Å²) >= 11 is 0. The Labute approximate surface area is 160 Å². The standard InChI is InChI=1S/C19H33N3O5/c1-19(2,13-6-4-3-5-7-13)15(27-18(20)26)17(25)22-14(11-23)10-12-8-9-21-16(12)24/h12-15,23H,3-11H2,1-2H3,(H2,20,26)(H,21,24)(H,22,25). The van der Waals surface area contributed by atoms with Gasteiger partial charge in [0.05, 0.1) is 12.6 Å². The zero-order chi connectivity index (χ0) is 20.0. The lowest BCUT2D eigenvalue weighted by molar-refractivity contribution is -0.140. The molecule has 1 aliphatic heterocycles. The molecule has 8 heteroatoms. The van der Waals surface area contributed by atoms with Crippen molar-refractivity contribution in [1.29, 1.82) is 0 Å². The van der Waals surface area contributed by atoms with Gasteiger partial charge in [0.1, 0.15) is 0 Å². The van der Waals surface area contributed by atoms with Gasteiger partial charge in [-0.2, -0.15) is 0 Å². The highest BCUT2D eigenvalue weighted by Gasteiger charge is 2.44. The van der Waals surface area contributed by atoms with Crippen molar-refractivity contribution in [3.8, 4) is 0 Å². The molecule has 154 valence electrons. The van der Waals surface area contributed by atoms with Gasteiger partial charge in [0, 0.05) is 17.9 Å². The van der Waals surface area contributed by atoms with Crippen LogP contribution in [0.15, 0.2) is 0 Å². The van der Waals surface area contributed by atoms with Crippen LogP contribution in [0.1, 0.15) is 58.8 Å². The molecule has 0 aromatic carbocycles. The molecule has 2 aliphatic rings. The Balaban J connectivity index is 2.07. The molecule has 27 heavy (non-hydrogen) atoms. The summed E-state index contributed by atoms with van der Waals surface area (Å²) in [6.45, 7) is 4.17. The summed E-state index contributed by atoms with van der Waals surface area (Å²) in [6, 6.07) is -0.576. The molecule has 1 saturated carbocycles. The number of hydrogen-bond acceptors (Lipinski definition) is 5. The first-order chi connectivity index (χ1) is 12.8. The topological polar surface area (TPSA) is 131 Å². The predicted octanol–water partition coefficient (Wildman–Crippen LogP) is 1.06. The normalized spacial score (nSPS) is 23.4. The number of ether oxygens (including phenoxy) is 1.